The summed E-state index contributed by atoms with van der Waals surface area (Å²) in [6.45, 7) is 3.88. The van der Waals surface area contributed by atoms with Crippen molar-refractivity contribution >= 4 is 29.2 Å². The van der Waals surface area contributed by atoms with Crippen molar-refractivity contribution < 1.29 is 0 Å². The molecule has 0 saturated carbocycles. The minimum absolute atomic E-state index is 0.173. The van der Waals surface area contributed by atoms with Crippen LogP contribution in [0.5, 0.6) is 0 Å². The zero-order valence-corrected chi connectivity index (χ0v) is 16.2. The van der Waals surface area contributed by atoms with Gasteiger partial charge >= 0.3 is 0 Å². The highest BCUT2D eigenvalue weighted by atomic mass is 32.1. The number of aryl methyl sites for hydroxylation is 1. The van der Waals surface area contributed by atoms with Crippen LogP contribution in [0, 0.1) is 13.8 Å². The monoisotopic (exact) mass is 379 g/mol. The summed E-state index contributed by atoms with van der Waals surface area (Å²) >= 11 is 5.27. The molecule has 0 unspecified atom stereocenters. The Bertz CT molecular complexity index is 1050. The summed E-state index contributed by atoms with van der Waals surface area (Å²) in [4.78, 5) is 12.8. The molecule has 0 aliphatic carbocycles. The lowest BCUT2D eigenvalue weighted by atomic mass is 10.2. The average molecular weight is 379 g/mol. The molecule has 0 bridgehead atoms. The molecule has 2 aromatic carbocycles. The van der Waals surface area contributed by atoms with Gasteiger partial charge in [-0.1, -0.05) is 48.0 Å². The largest absolute Gasteiger partial charge is 0.325 e. The van der Waals surface area contributed by atoms with Crippen molar-refractivity contribution in [3.8, 4) is 5.69 Å². The Balaban J connectivity index is 1.76. The Morgan fingerprint density at radius 1 is 1.11 bits per heavy atom. The Kier molecular flexibility index (Phi) is 5.52. The smallest absolute Gasteiger partial charge is 0.295 e. The molecule has 6 nitrogen and oxygen atoms in total. The quantitative estimate of drug-likeness (QED) is 0.415. The van der Waals surface area contributed by atoms with Gasteiger partial charge in [0.2, 0.25) is 0 Å². The summed E-state index contributed by atoms with van der Waals surface area (Å²) in [6, 6.07) is 17.4. The van der Waals surface area contributed by atoms with Crippen LogP contribution in [0.15, 0.2) is 64.5 Å². The number of rotatable bonds is 4. The van der Waals surface area contributed by atoms with E-state index in [1.807, 2.05) is 75.5 Å². The molecular formula is C20H21N5OS. The van der Waals surface area contributed by atoms with Crippen LogP contribution < -0.4 is 16.3 Å². The van der Waals surface area contributed by atoms with Crippen molar-refractivity contribution in [2.75, 3.05) is 5.32 Å². The van der Waals surface area contributed by atoms with Crippen LogP contribution in [0.1, 0.15) is 16.8 Å². The first-order chi connectivity index (χ1) is 13.0. The van der Waals surface area contributed by atoms with Gasteiger partial charge < -0.3 is 5.32 Å². The molecule has 0 radical (unpaired) electrons. The third-order valence-corrected chi connectivity index (χ3v) is 4.41. The lowest BCUT2D eigenvalue weighted by molar-refractivity contribution is 0.630. The summed E-state index contributed by atoms with van der Waals surface area (Å²) in [7, 11) is 1.83. The summed E-state index contributed by atoms with van der Waals surface area (Å²) < 4.78 is 3.38. The first-order valence-electron chi connectivity index (χ1n) is 8.48. The number of nitrogens with one attached hydrogen (secondary N) is 2. The van der Waals surface area contributed by atoms with E-state index in [1.54, 1.807) is 15.6 Å². The molecule has 3 aromatic rings. The summed E-state index contributed by atoms with van der Waals surface area (Å²) in [5.74, 6) is 0. The van der Waals surface area contributed by atoms with Gasteiger partial charge in [0.1, 0.15) is 5.69 Å². The second kappa shape index (κ2) is 8.01. The lowest BCUT2D eigenvalue weighted by Crippen LogP contribution is -2.28. The molecule has 0 fully saturated rings. The molecule has 0 amide bonds. The molecule has 1 aromatic heterocycles. The molecule has 1 heterocycles. The standard InChI is InChI=1S/C20H21N5OS/c1-14-8-7-9-16(12-14)13-21-23-20(27)22-18-15(2)24(3)25(19(18)26)17-10-5-4-6-11-17/h4-13H,1-3H3,(H2,22,23,27)/b21-13-. The summed E-state index contributed by atoms with van der Waals surface area (Å²) in [5.41, 5.74) is 6.68. The van der Waals surface area contributed by atoms with E-state index in [9.17, 15) is 4.79 Å². The molecule has 0 saturated heterocycles. The molecule has 7 heteroatoms. The van der Waals surface area contributed by atoms with Gasteiger partial charge in [0.05, 0.1) is 17.6 Å². The zero-order valence-electron chi connectivity index (χ0n) is 15.4. The number of hydrogen-bond acceptors (Lipinski definition) is 3. The predicted octanol–water partition coefficient (Wildman–Crippen LogP) is 3.11. The van der Waals surface area contributed by atoms with Gasteiger partial charge in [-0.25, -0.2) is 4.68 Å². The number of benzene rings is 2. The number of aromatic nitrogens is 2. The van der Waals surface area contributed by atoms with Gasteiger partial charge in [-0.3, -0.25) is 14.9 Å². The third kappa shape index (κ3) is 4.15. The van der Waals surface area contributed by atoms with Crippen LogP contribution >= 0.6 is 12.2 Å². The van der Waals surface area contributed by atoms with Crippen molar-refractivity contribution in [2.45, 2.75) is 13.8 Å². The first kappa shape index (κ1) is 18.6. The Morgan fingerprint density at radius 3 is 2.56 bits per heavy atom. The van der Waals surface area contributed by atoms with Crippen LogP contribution in [0.2, 0.25) is 0 Å². The average Bonchev–Trinajstić information content (AvgIpc) is 2.86. The molecule has 0 aliphatic rings. The highest BCUT2D eigenvalue weighted by Gasteiger charge is 2.16. The second-order valence-corrected chi connectivity index (χ2v) is 6.58. The number of para-hydroxylation sites is 1. The minimum atomic E-state index is -0.173. The van der Waals surface area contributed by atoms with E-state index >= 15 is 0 Å². The molecule has 2 N–H and O–H groups in total. The van der Waals surface area contributed by atoms with Crippen molar-refractivity contribution in [1.29, 1.82) is 0 Å². The van der Waals surface area contributed by atoms with Crippen molar-refractivity contribution in [3.05, 3.63) is 81.8 Å². The van der Waals surface area contributed by atoms with Gasteiger partial charge in [-0.2, -0.15) is 5.10 Å². The Morgan fingerprint density at radius 2 is 1.85 bits per heavy atom. The third-order valence-electron chi connectivity index (χ3n) is 4.21. The number of anilines is 1. The Hall–Kier alpha value is -3.19. The number of thiocarbonyl (C=S) groups is 1. The van der Waals surface area contributed by atoms with Gasteiger partial charge in [-0.15, -0.1) is 0 Å². The number of hydrogen-bond donors (Lipinski definition) is 2. The maximum atomic E-state index is 12.8. The fourth-order valence-electron chi connectivity index (χ4n) is 2.77. The molecule has 0 spiro atoms. The van der Waals surface area contributed by atoms with E-state index in [4.69, 9.17) is 12.2 Å². The van der Waals surface area contributed by atoms with Gasteiger partial charge in [0, 0.05) is 7.05 Å². The van der Waals surface area contributed by atoms with Crippen LogP contribution in [0.3, 0.4) is 0 Å². The summed E-state index contributed by atoms with van der Waals surface area (Å²) in [6.07, 6.45) is 1.68. The molecular weight excluding hydrogens is 358 g/mol. The van der Waals surface area contributed by atoms with E-state index < -0.39 is 0 Å². The molecule has 0 atom stereocenters. The van der Waals surface area contributed by atoms with Crippen LogP contribution in [-0.2, 0) is 7.05 Å². The minimum Gasteiger partial charge on any atom is -0.325 e. The van der Waals surface area contributed by atoms with Crippen LogP contribution in [-0.4, -0.2) is 20.7 Å². The topological polar surface area (TPSA) is 63.4 Å². The lowest BCUT2D eigenvalue weighted by Gasteiger charge is -2.07. The second-order valence-electron chi connectivity index (χ2n) is 6.17. The van der Waals surface area contributed by atoms with Gasteiger partial charge in [-0.05, 0) is 43.8 Å². The maximum absolute atomic E-state index is 12.8. The van der Waals surface area contributed by atoms with Gasteiger partial charge in [0.25, 0.3) is 5.56 Å². The highest BCUT2D eigenvalue weighted by Crippen LogP contribution is 2.13. The SMILES string of the molecule is Cc1cccc(/C=N\NC(=S)Nc2c(C)n(C)n(-c3ccccc3)c2=O)c1. The fourth-order valence-corrected chi connectivity index (χ4v) is 2.92. The molecule has 3 rings (SSSR count). The molecule has 27 heavy (non-hydrogen) atoms. The fraction of sp³-hybridized carbons (Fsp3) is 0.150. The predicted molar refractivity (Wildman–Crippen MR) is 114 cm³/mol. The van der Waals surface area contributed by atoms with E-state index in [0.29, 0.717) is 5.69 Å². The molecule has 138 valence electrons. The maximum Gasteiger partial charge on any atom is 0.295 e. The number of nitrogens with zero attached hydrogens (tertiary/aromatic N) is 3. The van der Waals surface area contributed by atoms with Crippen LogP contribution in [0.4, 0.5) is 5.69 Å². The number of hydrazone groups is 1. The van der Waals surface area contributed by atoms with Crippen molar-refractivity contribution in [1.82, 2.24) is 14.8 Å². The van der Waals surface area contributed by atoms with E-state index in [2.05, 4.69) is 15.8 Å². The van der Waals surface area contributed by atoms with Crippen LogP contribution in [0.25, 0.3) is 5.69 Å². The zero-order chi connectivity index (χ0) is 19.4. The summed E-state index contributed by atoms with van der Waals surface area (Å²) in [5, 5.41) is 7.35. The van der Waals surface area contributed by atoms with E-state index in [-0.39, 0.29) is 10.7 Å². The van der Waals surface area contributed by atoms with E-state index in [1.165, 1.54) is 0 Å². The normalized spacial score (nSPS) is 10.9. The van der Waals surface area contributed by atoms with Crippen molar-refractivity contribution in [3.63, 3.8) is 0 Å². The van der Waals surface area contributed by atoms with Crippen molar-refractivity contribution in [2.24, 2.45) is 12.1 Å². The van der Waals surface area contributed by atoms with E-state index in [0.717, 1.165) is 22.5 Å². The molecule has 0 aliphatic heterocycles. The Labute approximate surface area is 163 Å². The highest BCUT2D eigenvalue weighted by molar-refractivity contribution is 7.80. The first-order valence-corrected chi connectivity index (χ1v) is 8.89. The van der Waals surface area contributed by atoms with Gasteiger partial charge in [0.15, 0.2) is 5.11 Å².